The van der Waals surface area contributed by atoms with Crippen molar-refractivity contribution in [2.75, 3.05) is 13.6 Å². The molecule has 35 heavy (non-hydrogen) atoms. The molecule has 3 amide bonds. The van der Waals surface area contributed by atoms with E-state index < -0.39 is 35.6 Å². The average molecular weight is 484 g/mol. The lowest BCUT2D eigenvalue weighted by molar-refractivity contribution is -0.140. The summed E-state index contributed by atoms with van der Waals surface area (Å²) in [5.41, 5.74) is 0.392. The number of hydrogen-bond acceptors (Lipinski definition) is 5. The van der Waals surface area contributed by atoms with Crippen molar-refractivity contribution in [2.45, 2.75) is 64.6 Å². The lowest BCUT2D eigenvalue weighted by atomic mass is 10.0. The number of rotatable bonds is 10. The van der Waals surface area contributed by atoms with Crippen molar-refractivity contribution < 1.29 is 24.2 Å². The van der Waals surface area contributed by atoms with Crippen molar-refractivity contribution in [3.63, 3.8) is 0 Å². The molecule has 0 radical (unpaired) electrons. The van der Waals surface area contributed by atoms with E-state index >= 15 is 0 Å². The van der Waals surface area contributed by atoms with Gasteiger partial charge < -0.3 is 25.4 Å². The summed E-state index contributed by atoms with van der Waals surface area (Å²) in [5, 5.41) is 16.0. The Hall–Kier alpha value is -3.55. The second kappa shape index (κ2) is 12.8. The molecule has 3 N–H and O–H groups in total. The zero-order valence-corrected chi connectivity index (χ0v) is 21.2. The highest BCUT2D eigenvalue weighted by atomic mass is 16.6. The Morgan fingerprint density at radius 1 is 1.03 bits per heavy atom. The fourth-order valence-corrected chi connectivity index (χ4v) is 3.60. The first-order valence-corrected chi connectivity index (χ1v) is 11.9. The van der Waals surface area contributed by atoms with Crippen LogP contribution >= 0.6 is 0 Å². The Kier molecular flexibility index (Phi) is 10.1. The van der Waals surface area contributed by atoms with E-state index in [1.54, 1.807) is 39.0 Å². The third kappa shape index (κ3) is 8.63. The van der Waals surface area contributed by atoms with E-state index in [0.717, 1.165) is 18.4 Å². The number of carbonyl (C=O) groups excluding carboxylic acids is 3. The Bertz CT molecular complexity index is 988. The zero-order valence-electron chi connectivity index (χ0n) is 21.2. The Morgan fingerprint density at radius 2 is 1.66 bits per heavy atom. The van der Waals surface area contributed by atoms with Crippen molar-refractivity contribution in [2.24, 2.45) is 0 Å². The predicted octanol–water partition coefficient (Wildman–Crippen LogP) is 3.94. The molecule has 0 saturated heterocycles. The molecule has 0 aliphatic carbocycles. The summed E-state index contributed by atoms with van der Waals surface area (Å²) in [4.78, 5) is 40.7. The van der Waals surface area contributed by atoms with Gasteiger partial charge in [0.15, 0.2) is 0 Å². The van der Waals surface area contributed by atoms with E-state index in [0.29, 0.717) is 12.1 Å². The van der Waals surface area contributed by atoms with E-state index in [1.165, 1.54) is 18.0 Å². The Labute approximate surface area is 207 Å². The molecule has 2 atom stereocenters. The lowest BCUT2D eigenvalue weighted by Crippen LogP contribution is -2.52. The topological polar surface area (TPSA) is 108 Å². The first-order chi connectivity index (χ1) is 16.5. The second-order valence-corrected chi connectivity index (χ2v) is 9.44. The lowest BCUT2D eigenvalue weighted by Gasteiger charge is -2.32. The third-order valence-corrected chi connectivity index (χ3v) is 5.32. The highest BCUT2D eigenvalue weighted by molar-refractivity contribution is 5.92. The number of nitrogens with zero attached hydrogens (tertiary/aromatic N) is 1. The molecule has 2 rings (SSSR count). The van der Waals surface area contributed by atoms with E-state index in [-0.39, 0.29) is 12.2 Å². The van der Waals surface area contributed by atoms with Crippen LogP contribution in [0.4, 0.5) is 4.79 Å². The molecule has 0 aromatic heterocycles. The molecule has 8 heteroatoms. The van der Waals surface area contributed by atoms with Crippen LogP contribution in [0.2, 0.25) is 0 Å². The smallest absolute Gasteiger partial charge is 0.408 e. The molecule has 190 valence electrons. The molecule has 2 aromatic carbocycles. The summed E-state index contributed by atoms with van der Waals surface area (Å²) in [6.45, 7) is 7.68. The fraction of sp³-hybridized carbons (Fsp3) is 0.444. The first-order valence-electron chi connectivity index (χ1n) is 11.9. The minimum absolute atomic E-state index is 0.0949. The van der Waals surface area contributed by atoms with Crippen LogP contribution < -0.4 is 10.6 Å². The maximum atomic E-state index is 13.7. The van der Waals surface area contributed by atoms with E-state index in [9.17, 15) is 19.5 Å². The maximum absolute atomic E-state index is 13.7. The second-order valence-electron chi connectivity index (χ2n) is 9.44. The van der Waals surface area contributed by atoms with Crippen molar-refractivity contribution in [3.05, 3.63) is 65.7 Å². The number of phenolic OH excluding ortho intramolecular Hbond substituents is 1. The van der Waals surface area contributed by atoms with Crippen molar-refractivity contribution >= 4 is 17.9 Å². The number of alkyl carbamates (subject to hydrolysis) is 1. The maximum Gasteiger partial charge on any atom is 0.408 e. The highest BCUT2D eigenvalue weighted by Gasteiger charge is 2.35. The van der Waals surface area contributed by atoms with Crippen LogP contribution in [0.5, 0.6) is 5.75 Å². The predicted molar refractivity (Wildman–Crippen MR) is 135 cm³/mol. The molecule has 0 spiro atoms. The van der Waals surface area contributed by atoms with Crippen molar-refractivity contribution in [3.8, 4) is 5.75 Å². The summed E-state index contributed by atoms with van der Waals surface area (Å²) in [6.07, 6.45) is 1.16. The number of para-hydroxylation sites is 1. The number of amides is 3. The van der Waals surface area contributed by atoms with Gasteiger partial charge in [-0.05, 0) is 38.8 Å². The SMILES string of the molecule is CCCCNC(=O)C(c1ccccc1O)N(C)C(=O)C(Cc1ccccc1)NC(=O)OC(C)(C)C. The molecular formula is C27H37N3O5. The molecule has 0 aliphatic rings. The van der Waals surface area contributed by atoms with Gasteiger partial charge in [-0.2, -0.15) is 0 Å². The van der Waals surface area contributed by atoms with E-state index in [4.69, 9.17) is 4.74 Å². The van der Waals surface area contributed by atoms with Crippen LogP contribution in [-0.2, 0) is 20.7 Å². The highest BCUT2D eigenvalue weighted by Crippen LogP contribution is 2.29. The number of phenols is 1. The van der Waals surface area contributed by atoms with Gasteiger partial charge in [-0.15, -0.1) is 0 Å². The van der Waals surface area contributed by atoms with Gasteiger partial charge in [0.1, 0.15) is 23.4 Å². The average Bonchev–Trinajstić information content (AvgIpc) is 2.79. The molecule has 0 fully saturated rings. The molecular weight excluding hydrogens is 446 g/mol. The molecule has 2 unspecified atom stereocenters. The molecule has 0 heterocycles. The van der Waals surface area contributed by atoms with Crippen LogP contribution in [-0.4, -0.2) is 53.1 Å². The summed E-state index contributed by atoms with van der Waals surface area (Å²) in [5.74, 6) is -0.993. The fourth-order valence-electron chi connectivity index (χ4n) is 3.60. The van der Waals surface area contributed by atoms with Gasteiger partial charge in [0.2, 0.25) is 11.8 Å². The van der Waals surface area contributed by atoms with Crippen LogP contribution in [0.1, 0.15) is 57.7 Å². The number of benzene rings is 2. The number of nitrogens with one attached hydrogen (secondary N) is 2. The number of likely N-dealkylation sites (N-methyl/N-ethyl adjacent to an activating group) is 1. The van der Waals surface area contributed by atoms with Gasteiger partial charge in [0.25, 0.3) is 0 Å². The third-order valence-electron chi connectivity index (χ3n) is 5.32. The quantitative estimate of drug-likeness (QED) is 0.444. The standard InChI is InChI=1S/C27H37N3O5/c1-6-7-17-28-24(32)23(20-15-11-12-16-22(20)31)30(5)25(33)21(18-19-13-9-8-10-14-19)29-26(34)35-27(2,3)4/h8-16,21,23,31H,6-7,17-18H2,1-5H3,(H,28,32)(H,29,34). The van der Waals surface area contributed by atoms with Crippen molar-refractivity contribution in [1.82, 2.24) is 15.5 Å². The first kappa shape index (κ1) is 27.7. The number of unbranched alkanes of at least 4 members (excludes halogenated alkanes) is 1. The van der Waals surface area contributed by atoms with E-state index in [2.05, 4.69) is 10.6 Å². The van der Waals surface area contributed by atoms with Crippen molar-refractivity contribution in [1.29, 1.82) is 0 Å². The number of aromatic hydroxyl groups is 1. The zero-order chi connectivity index (χ0) is 26.0. The number of ether oxygens (including phenoxy) is 1. The van der Waals surface area contributed by atoms with Gasteiger partial charge in [0.05, 0.1) is 0 Å². The van der Waals surface area contributed by atoms with Gasteiger partial charge in [-0.3, -0.25) is 9.59 Å². The van der Waals surface area contributed by atoms with Gasteiger partial charge >= 0.3 is 6.09 Å². The largest absolute Gasteiger partial charge is 0.508 e. The molecule has 0 aliphatic heterocycles. The Morgan fingerprint density at radius 3 is 2.26 bits per heavy atom. The van der Waals surface area contributed by atoms with E-state index in [1.807, 2.05) is 37.3 Å². The van der Waals surface area contributed by atoms with Crippen LogP contribution in [0.25, 0.3) is 0 Å². The van der Waals surface area contributed by atoms with Crippen LogP contribution in [0.15, 0.2) is 54.6 Å². The minimum atomic E-state index is -1.08. The van der Waals surface area contributed by atoms with Gasteiger partial charge in [0, 0.05) is 25.6 Å². The molecule has 8 nitrogen and oxygen atoms in total. The number of hydrogen-bond donors (Lipinski definition) is 3. The number of carbonyl (C=O) groups is 3. The van der Waals surface area contributed by atoms with Gasteiger partial charge in [-0.25, -0.2) is 4.79 Å². The molecule has 0 bridgehead atoms. The summed E-state index contributed by atoms with van der Waals surface area (Å²) < 4.78 is 5.37. The summed E-state index contributed by atoms with van der Waals surface area (Å²) in [7, 11) is 1.49. The minimum Gasteiger partial charge on any atom is -0.508 e. The molecule has 0 saturated carbocycles. The molecule has 2 aromatic rings. The summed E-state index contributed by atoms with van der Waals surface area (Å²) >= 11 is 0. The van der Waals surface area contributed by atoms with Crippen LogP contribution in [0, 0.1) is 0 Å². The monoisotopic (exact) mass is 483 g/mol. The normalized spacial score (nSPS) is 12.8. The van der Waals surface area contributed by atoms with Crippen LogP contribution in [0.3, 0.4) is 0 Å². The Balaban J connectivity index is 2.37. The van der Waals surface area contributed by atoms with Gasteiger partial charge in [-0.1, -0.05) is 61.9 Å². The summed E-state index contributed by atoms with van der Waals surface area (Å²) in [6, 6.07) is 13.6.